The van der Waals surface area contributed by atoms with E-state index in [-0.39, 0.29) is 35.6 Å². The predicted molar refractivity (Wildman–Crippen MR) is 180 cm³/mol. The summed E-state index contributed by atoms with van der Waals surface area (Å²) in [6, 6.07) is 12.1. The van der Waals surface area contributed by atoms with Crippen LogP contribution in [-0.2, 0) is 35.1 Å². The number of halogens is 2. The molecule has 3 aromatic carbocycles. The average molecular weight is 695 g/mol. The summed E-state index contributed by atoms with van der Waals surface area (Å²) in [7, 11) is -1.07. The van der Waals surface area contributed by atoms with Crippen LogP contribution < -0.4 is 24.8 Å². The van der Waals surface area contributed by atoms with Gasteiger partial charge in [-0.05, 0) is 44.2 Å². The van der Waals surface area contributed by atoms with E-state index in [1.807, 2.05) is 0 Å². The summed E-state index contributed by atoms with van der Waals surface area (Å²) in [4.78, 5) is 0. The molecule has 0 heterocycles. The normalized spacial score (nSPS) is 19.1. The Morgan fingerprint density at radius 2 is 1.17 bits per heavy atom. The van der Waals surface area contributed by atoms with Crippen LogP contribution in [0.2, 0.25) is 19.6 Å². The van der Waals surface area contributed by atoms with E-state index in [9.17, 15) is 0 Å². The van der Waals surface area contributed by atoms with Crippen LogP contribution in [-0.4, -0.2) is 11.3 Å². The van der Waals surface area contributed by atoms with Crippen molar-refractivity contribution in [1.29, 1.82) is 0 Å². The van der Waals surface area contributed by atoms with Crippen LogP contribution in [0.3, 0.4) is 0 Å². The maximum Gasteiger partial charge on any atom is -1.00 e. The van der Waals surface area contributed by atoms with Gasteiger partial charge in [0.15, 0.2) is 0 Å². The molecule has 0 aromatic heterocycles. The first-order chi connectivity index (χ1) is 18.3. The molecule has 0 N–H and O–H groups in total. The van der Waals surface area contributed by atoms with Crippen LogP contribution in [0.5, 0.6) is 0 Å². The number of hydrogen-bond donors (Lipinski definition) is 0. The van der Waals surface area contributed by atoms with E-state index in [2.05, 4.69) is 144 Å². The maximum absolute atomic E-state index is 3.43. The first kappa shape index (κ1) is 37.0. The van der Waals surface area contributed by atoms with Gasteiger partial charge in [-0.2, -0.15) is 6.08 Å². The van der Waals surface area contributed by atoms with Gasteiger partial charge < -0.3 is 24.8 Å². The van der Waals surface area contributed by atoms with E-state index in [1.54, 1.807) is 29.4 Å². The van der Waals surface area contributed by atoms with Crippen molar-refractivity contribution < 1.29 is 49.0 Å². The minimum atomic E-state index is -1.07. The second-order valence-electron chi connectivity index (χ2n) is 14.6. The van der Waals surface area contributed by atoms with Crippen molar-refractivity contribution in [1.82, 2.24) is 0 Å². The van der Waals surface area contributed by atoms with Gasteiger partial charge in [0.25, 0.3) is 0 Å². The number of allylic oxidation sites excluding steroid dienone is 8. The van der Waals surface area contributed by atoms with Crippen molar-refractivity contribution in [2.45, 2.75) is 99.7 Å². The summed E-state index contributed by atoms with van der Waals surface area (Å²) < 4.78 is 1.51. The summed E-state index contributed by atoms with van der Waals surface area (Å²) in [6.07, 6.45) is 10.6. The van der Waals surface area contributed by atoms with Gasteiger partial charge >= 0.3 is 41.3 Å². The zero-order chi connectivity index (χ0) is 29.9. The fourth-order valence-corrected chi connectivity index (χ4v) is 8.81. The molecule has 224 valence electrons. The molecule has 6 rings (SSSR count). The Hall–Kier alpha value is -1.18. The Morgan fingerprint density at radius 1 is 0.786 bits per heavy atom. The summed E-state index contributed by atoms with van der Waals surface area (Å²) in [6.45, 7) is 29.6. The molecule has 0 radical (unpaired) electrons. The number of fused-ring (bicyclic) bond motifs is 5. The molecular formula is C38H48Cl2SiZr-2. The topological polar surface area (TPSA) is 0 Å². The van der Waals surface area contributed by atoms with Crippen molar-refractivity contribution in [3.63, 3.8) is 0 Å². The van der Waals surface area contributed by atoms with Gasteiger partial charge in [-0.15, -0.1) is 39.7 Å². The quantitative estimate of drug-likeness (QED) is 0.248. The molecule has 0 nitrogen and oxygen atoms in total. The fourth-order valence-electron chi connectivity index (χ4n) is 6.87. The fraction of sp³-hybridized carbons (Fsp3) is 0.421. The molecule has 0 aliphatic heterocycles. The molecule has 0 fully saturated rings. The second kappa shape index (κ2) is 13.0. The molecule has 0 amide bonds. The molecule has 1 unspecified atom stereocenters. The largest absolute Gasteiger partial charge is 1.00 e. The molecular weight excluding hydrogens is 647 g/mol. The van der Waals surface area contributed by atoms with Crippen LogP contribution >= 0.6 is 0 Å². The smallest absolute Gasteiger partial charge is 1.00 e. The molecule has 3 aliphatic carbocycles. The van der Waals surface area contributed by atoms with Gasteiger partial charge in [0, 0.05) is 10.8 Å². The Bertz CT molecular complexity index is 1550. The zero-order valence-corrected chi connectivity index (χ0v) is 32.9. The molecule has 4 heteroatoms. The SMILES string of the molecule is CC1=CC(C)(C)c2cc3[cH-]c4cc5c(cc4c3cc21)C(C)=CC5(C)C.CC1=[C-]C(C)C=C1[Si](C)(C)C.C[C](C)=[Zr+2].[Cl-].[Cl-]. The summed E-state index contributed by atoms with van der Waals surface area (Å²) >= 11 is 1.55. The van der Waals surface area contributed by atoms with Crippen LogP contribution in [0.1, 0.15) is 91.5 Å². The maximum atomic E-state index is 3.43. The van der Waals surface area contributed by atoms with Crippen LogP contribution in [0.4, 0.5) is 0 Å². The summed E-state index contributed by atoms with van der Waals surface area (Å²) in [5, 5.41) is 7.17. The second-order valence-corrected chi connectivity index (χ2v) is 22.1. The van der Waals surface area contributed by atoms with Crippen LogP contribution in [0.25, 0.3) is 32.7 Å². The summed E-state index contributed by atoms with van der Waals surface area (Å²) in [5.74, 6) is 0.553. The minimum absolute atomic E-state index is 0. The van der Waals surface area contributed by atoms with E-state index in [1.165, 1.54) is 63.7 Å². The Labute approximate surface area is 284 Å². The Kier molecular flexibility index (Phi) is 11.5. The number of benzene rings is 2. The third-order valence-corrected chi connectivity index (χ3v) is 10.6. The molecule has 3 aromatic rings. The first-order valence-corrected chi connectivity index (χ1v) is 19.5. The van der Waals surface area contributed by atoms with Crippen molar-refractivity contribution in [2.75, 3.05) is 0 Å². The summed E-state index contributed by atoms with van der Waals surface area (Å²) in [5.41, 5.74) is 10.3. The van der Waals surface area contributed by atoms with E-state index in [0.717, 1.165) is 0 Å². The number of hydrogen-bond acceptors (Lipinski definition) is 0. The third-order valence-electron chi connectivity index (χ3n) is 8.45. The first-order valence-electron chi connectivity index (χ1n) is 14.8. The zero-order valence-electron chi connectivity index (χ0n) is 28.0. The monoisotopic (exact) mass is 692 g/mol. The molecule has 0 saturated carbocycles. The van der Waals surface area contributed by atoms with Gasteiger partial charge in [0.05, 0.1) is 0 Å². The van der Waals surface area contributed by atoms with Crippen LogP contribution in [0, 0.1) is 12.0 Å². The predicted octanol–water partition coefficient (Wildman–Crippen LogP) is 5.04. The van der Waals surface area contributed by atoms with E-state index in [4.69, 9.17) is 0 Å². The Morgan fingerprint density at radius 3 is 1.45 bits per heavy atom. The molecule has 3 aliphatic rings. The van der Waals surface area contributed by atoms with Gasteiger partial charge in [0.1, 0.15) is 0 Å². The molecule has 0 bridgehead atoms. The van der Waals surface area contributed by atoms with Crippen LogP contribution in [0.15, 0.2) is 59.3 Å². The third kappa shape index (κ3) is 7.37. The van der Waals surface area contributed by atoms with Gasteiger partial charge in [-0.25, -0.2) is 10.8 Å². The van der Waals surface area contributed by atoms with E-state index < -0.39 is 8.07 Å². The van der Waals surface area contributed by atoms with Gasteiger partial charge in [-0.1, -0.05) is 103 Å². The standard InChI is InChI=1S/C25H25.C10H17Si.C3H6.2ClH.Zr/c1-14-12-24(3,4)22-8-16-7-17-9-23-19(15(2)13-25(23,5)6)11-21(17)20(16)10-18(14)22;1-8-6-9(2)10(7-8)11(3,4)5;1-3-2;;;/h7-13H,1-6H3;7-8H,1-5H3;1-2H3;2*1H;/q2*-1;;;;+2/p-2. The van der Waals surface area contributed by atoms with E-state index in [0.29, 0.717) is 5.92 Å². The molecule has 0 saturated heterocycles. The molecule has 42 heavy (non-hydrogen) atoms. The van der Waals surface area contributed by atoms with E-state index >= 15 is 0 Å². The minimum Gasteiger partial charge on any atom is -1.00 e. The van der Waals surface area contributed by atoms with Crippen molar-refractivity contribution in [3.8, 4) is 0 Å². The average Bonchev–Trinajstić information content (AvgIpc) is 3.46. The Balaban J connectivity index is 0.000000307. The number of rotatable bonds is 1. The van der Waals surface area contributed by atoms with Crippen molar-refractivity contribution >= 4 is 44.0 Å². The van der Waals surface area contributed by atoms with Gasteiger partial charge in [0.2, 0.25) is 0 Å². The molecule has 1 atom stereocenters. The van der Waals surface area contributed by atoms with Gasteiger partial charge in [-0.3, -0.25) is 6.08 Å². The van der Waals surface area contributed by atoms with Crippen molar-refractivity contribution in [2.24, 2.45) is 5.92 Å². The van der Waals surface area contributed by atoms with Crippen molar-refractivity contribution in [3.05, 3.63) is 87.7 Å². The molecule has 0 spiro atoms.